The molecule has 2 amide bonds. The van der Waals surface area contributed by atoms with E-state index in [1.165, 1.54) is 18.6 Å². The van der Waals surface area contributed by atoms with Gasteiger partial charge < -0.3 is 10.6 Å². The number of rotatable bonds is 9. The molecule has 0 aliphatic carbocycles. The summed E-state index contributed by atoms with van der Waals surface area (Å²) in [4.78, 5) is 23.6. The van der Waals surface area contributed by atoms with Crippen LogP contribution in [0.1, 0.15) is 42.5 Å². The highest BCUT2D eigenvalue weighted by molar-refractivity contribution is 8.77. The Hall–Kier alpha value is -0.850. The predicted molar refractivity (Wildman–Crippen MR) is 104 cm³/mol. The van der Waals surface area contributed by atoms with Gasteiger partial charge in [-0.1, -0.05) is 39.6 Å². The molecule has 1 saturated heterocycles. The minimum absolute atomic E-state index is 0.0594. The smallest absolute Gasteiger partial charge is 0.251 e. The molecule has 1 aliphatic rings. The molecule has 1 unspecified atom stereocenters. The monoisotopic (exact) mass is 386 g/mol. The molecule has 24 heavy (non-hydrogen) atoms. The van der Waals surface area contributed by atoms with Crippen LogP contribution in [0.25, 0.3) is 0 Å². The number of amides is 2. The Bertz CT molecular complexity index is 534. The Morgan fingerprint density at radius 1 is 1.12 bits per heavy atom. The molecule has 0 aromatic heterocycles. The SMILES string of the molecule is O=C(CCCCC1CCSS1)NCCNC(=O)c1ccc(Cl)cc1. The van der Waals surface area contributed by atoms with Crippen LogP contribution in [-0.4, -0.2) is 35.9 Å². The zero-order valence-corrected chi connectivity index (χ0v) is 15.9. The first-order valence-electron chi connectivity index (χ1n) is 8.24. The lowest BCUT2D eigenvalue weighted by atomic mass is 10.1. The Balaban J connectivity index is 1.49. The van der Waals surface area contributed by atoms with Gasteiger partial charge in [0.2, 0.25) is 5.91 Å². The first-order chi connectivity index (χ1) is 11.6. The van der Waals surface area contributed by atoms with Crippen LogP contribution in [0.3, 0.4) is 0 Å². The first-order valence-corrected chi connectivity index (χ1v) is 11.0. The molecule has 1 aliphatic heterocycles. The molecule has 1 aromatic rings. The van der Waals surface area contributed by atoms with Crippen LogP contribution in [0.5, 0.6) is 0 Å². The molecule has 1 aromatic carbocycles. The molecule has 4 nitrogen and oxygen atoms in total. The van der Waals surface area contributed by atoms with E-state index in [4.69, 9.17) is 11.6 Å². The van der Waals surface area contributed by atoms with E-state index in [2.05, 4.69) is 10.6 Å². The van der Waals surface area contributed by atoms with Crippen molar-refractivity contribution in [1.29, 1.82) is 0 Å². The lowest BCUT2D eigenvalue weighted by Crippen LogP contribution is -2.34. The van der Waals surface area contributed by atoms with Gasteiger partial charge in [-0.15, -0.1) is 0 Å². The van der Waals surface area contributed by atoms with E-state index in [1.54, 1.807) is 24.3 Å². The number of carbonyl (C=O) groups is 2. The molecule has 1 fully saturated rings. The zero-order chi connectivity index (χ0) is 17.2. The summed E-state index contributed by atoms with van der Waals surface area (Å²) in [5.74, 6) is 1.16. The molecule has 2 N–H and O–H groups in total. The first kappa shape index (κ1) is 19.5. The maximum Gasteiger partial charge on any atom is 0.251 e. The molecule has 0 saturated carbocycles. The zero-order valence-electron chi connectivity index (χ0n) is 13.6. The highest BCUT2D eigenvalue weighted by atomic mass is 35.5. The molecule has 2 rings (SSSR count). The minimum Gasteiger partial charge on any atom is -0.354 e. The molecule has 7 heteroatoms. The number of carbonyl (C=O) groups excluding carboxylic acids is 2. The number of nitrogens with one attached hydrogen (secondary N) is 2. The van der Waals surface area contributed by atoms with E-state index in [0.29, 0.717) is 30.1 Å². The fourth-order valence-electron chi connectivity index (χ4n) is 2.39. The van der Waals surface area contributed by atoms with E-state index in [1.807, 2.05) is 21.6 Å². The van der Waals surface area contributed by atoms with E-state index in [9.17, 15) is 9.59 Å². The summed E-state index contributed by atoms with van der Waals surface area (Å²) in [5.41, 5.74) is 0.564. The molecule has 1 atom stereocenters. The Morgan fingerprint density at radius 3 is 2.58 bits per heavy atom. The van der Waals surface area contributed by atoms with Gasteiger partial charge in [-0.05, 0) is 43.5 Å². The van der Waals surface area contributed by atoms with Gasteiger partial charge in [0, 0.05) is 41.1 Å². The van der Waals surface area contributed by atoms with E-state index < -0.39 is 0 Å². The fraction of sp³-hybridized carbons (Fsp3) is 0.529. The Labute approximate surface area is 156 Å². The maximum absolute atomic E-state index is 11.9. The highest BCUT2D eigenvalue weighted by Gasteiger charge is 2.15. The second-order valence-corrected chi connectivity index (χ2v) is 8.91. The molecule has 132 valence electrons. The van der Waals surface area contributed by atoms with E-state index >= 15 is 0 Å². The quantitative estimate of drug-likeness (QED) is 0.499. The standard InChI is InChI=1S/C17H23ClN2O2S2/c18-14-7-5-13(6-8-14)17(22)20-11-10-19-16(21)4-2-1-3-15-9-12-23-24-15/h5-8,15H,1-4,9-12H2,(H,19,21)(H,20,22). The number of hydrogen-bond donors (Lipinski definition) is 2. The van der Waals surface area contributed by atoms with E-state index in [-0.39, 0.29) is 11.8 Å². The molecule has 0 bridgehead atoms. The second-order valence-electron chi connectivity index (χ2n) is 5.69. The lowest BCUT2D eigenvalue weighted by molar-refractivity contribution is -0.121. The number of hydrogen-bond acceptors (Lipinski definition) is 4. The lowest BCUT2D eigenvalue weighted by Gasteiger charge is -2.08. The summed E-state index contributed by atoms with van der Waals surface area (Å²) in [6.45, 7) is 0.871. The van der Waals surface area contributed by atoms with Gasteiger partial charge in [-0.25, -0.2) is 0 Å². The molecule has 1 heterocycles. The average molecular weight is 387 g/mol. The van der Waals surface area contributed by atoms with Crippen molar-refractivity contribution in [3.8, 4) is 0 Å². The third kappa shape index (κ3) is 7.36. The summed E-state index contributed by atoms with van der Waals surface area (Å²) in [6, 6.07) is 6.72. The minimum atomic E-state index is -0.159. The summed E-state index contributed by atoms with van der Waals surface area (Å²) in [5, 5.41) is 7.00. The third-order valence-electron chi connectivity index (χ3n) is 3.75. The van der Waals surface area contributed by atoms with Crippen molar-refractivity contribution < 1.29 is 9.59 Å². The van der Waals surface area contributed by atoms with Crippen molar-refractivity contribution in [2.45, 2.75) is 37.4 Å². The predicted octanol–water partition coefficient (Wildman–Crippen LogP) is 3.90. The van der Waals surface area contributed by atoms with Crippen LogP contribution in [-0.2, 0) is 4.79 Å². The van der Waals surface area contributed by atoms with Crippen molar-refractivity contribution >= 4 is 45.0 Å². The number of benzene rings is 1. The molecule has 0 spiro atoms. The van der Waals surface area contributed by atoms with Crippen molar-refractivity contribution in [2.24, 2.45) is 0 Å². The van der Waals surface area contributed by atoms with Crippen LogP contribution < -0.4 is 10.6 Å². The molecule has 0 radical (unpaired) electrons. The third-order valence-corrected chi connectivity index (χ3v) is 7.01. The summed E-state index contributed by atoms with van der Waals surface area (Å²) < 4.78 is 0. The maximum atomic E-state index is 11.9. The van der Waals surface area contributed by atoms with Crippen LogP contribution >= 0.6 is 33.2 Å². The normalized spacial score (nSPS) is 16.8. The van der Waals surface area contributed by atoms with Gasteiger partial charge >= 0.3 is 0 Å². The molecular weight excluding hydrogens is 364 g/mol. The highest BCUT2D eigenvalue weighted by Crippen LogP contribution is 2.39. The largest absolute Gasteiger partial charge is 0.354 e. The Morgan fingerprint density at radius 2 is 1.88 bits per heavy atom. The van der Waals surface area contributed by atoms with Gasteiger partial charge in [0.1, 0.15) is 0 Å². The topological polar surface area (TPSA) is 58.2 Å². The number of halogens is 1. The van der Waals surface area contributed by atoms with Gasteiger partial charge in [-0.3, -0.25) is 9.59 Å². The van der Waals surface area contributed by atoms with E-state index in [0.717, 1.165) is 18.1 Å². The van der Waals surface area contributed by atoms with Crippen molar-refractivity contribution in [1.82, 2.24) is 10.6 Å². The van der Waals surface area contributed by atoms with Crippen LogP contribution in [0.4, 0.5) is 0 Å². The molecular formula is C17H23ClN2O2S2. The van der Waals surface area contributed by atoms with Gasteiger partial charge in [0.05, 0.1) is 0 Å². The van der Waals surface area contributed by atoms with Crippen LogP contribution in [0.2, 0.25) is 5.02 Å². The summed E-state index contributed by atoms with van der Waals surface area (Å²) in [7, 11) is 3.95. The van der Waals surface area contributed by atoms with Gasteiger partial charge in [0.25, 0.3) is 5.91 Å². The van der Waals surface area contributed by atoms with Gasteiger partial charge in [0.15, 0.2) is 0 Å². The van der Waals surface area contributed by atoms with Crippen molar-refractivity contribution in [2.75, 3.05) is 18.8 Å². The van der Waals surface area contributed by atoms with Crippen molar-refractivity contribution in [3.05, 3.63) is 34.9 Å². The fourth-order valence-corrected chi connectivity index (χ4v) is 5.55. The van der Waals surface area contributed by atoms with Crippen LogP contribution in [0, 0.1) is 0 Å². The second kappa shape index (κ2) is 10.9. The van der Waals surface area contributed by atoms with Gasteiger partial charge in [-0.2, -0.15) is 0 Å². The van der Waals surface area contributed by atoms with Crippen molar-refractivity contribution in [3.63, 3.8) is 0 Å². The summed E-state index contributed by atoms with van der Waals surface area (Å²) >= 11 is 5.79. The number of unbranched alkanes of at least 4 members (excludes halogenated alkanes) is 1. The average Bonchev–Trinajstić information content (AvgIpc) is 3.09. The Kier molecular flexibility index (Phi) is 8.84. The summed E-state index contributed by atoms with van der Waals surface area (Å²) in [6.07, 6.45) is 5.12. The van der Waals surface area contributed by atoms with Crippen LogP contribution in [0.15, 0.2) is 24.3 Å².